The minimum Gasteiger partial charge on any atom is -0.497 e. The van der Waals surface area contributed by atoms with Crippen molar-refractivity contribution in [1.29, 1.82) is 0 Å². The molecule has 4 rings (SSSR count). The third kappa shape index (κ3) is 7.86. The molecule has 1 unspecified atom stereocenters. The van der Waals surface area contributed by atoms with Gasteiger partial charge in [0.25, 0.3) is 0 Å². The second-order valence-electron chi connectivity index (χ2n) is 11.3. The lowest BCUT2D eigenvalue weighted by molar-refractivity contribution is -0.143. The fourth-order valence-corrected chi connectivity index (χ4v) is 5.15. The molecule has 0 aliphatic heterocycles. The Hall–Kier alpha value is -3.31. The van der Waals surface area contributed by atoms with Crippen LogP contribution in [0.15, 0.2) is 60.7 Å². The number of hydrogen-bond donors (Lipinski definition) is 1. The second kappa shape index (κ2) is 12.7. The first kappa shape index (κ1) is 28.7. The summed E-state index contributed by atoms with van der Waals surface area (Å²) in [7, 11) is 1.70. The standard InChI is InChI=1S/C33H38ClNO4/c1-33(2,3)32(37)39-28-14-13-24-19-26(12-11-25(24)20-28)29-16-15-27(38-4)21-30(29)35-17-5-6-22-7-9-23(10-8-22)18-31(34)36/h7-10,13-16,20-21,26,35H,5-6,11-12,17-19H2,1-4H3. The summed E-state index contributed by atoms with van der Waals surface area (Å²) in [6.45, 7) is 6.44. The molecule has 0 amide bonds. The van der Waals surface area contributed by atoms with Gasteiger partial charge in [-0.2, -0.15) is 0 Å². The Morgan fingerprint density at radius 2 is 1.67 bits per heavy atom. The van der Waals surface area contributed by atoms with Crippen molar-refractivity contribution in [2.45, 2.75) is 65.2 Å². The quantitative estimate of drug-likeness (QED) is 0.125. The van der Waals surface area contributed by atoms with Crippen LogP contribution >= 0.6 is 11.6 Å². The number of methoxy groups -OCH3 is 1. The van der Waals surface area contributed by atoms with Crippen LogP contribution in [-0.2, 0) is 35.3 Å². The molecule has 0 bridgehead atoms. The van der Waals surface area contributed by atoms with Gasteiger partial charge in [0.15, 0.2) is 0 Å². The number of hydrogen-bond acceptors (Lipinski definition) is 5. The Balaban J connectivity index is 1.39. The first-order chi connectivity index (χ1) is 18.6. The van der Waals surface area contributed by atoms with E-state index < -0.39 is 5.41 Å². The van der Waals surface area contributed by atoms with Crippen LogP contribution in [-0.4, -0.2) is 24.9 Å². The fraction of sp³-hybridized carbons (Fsp3) is 0.394. The number of esters is 1. The van der Waals surface area contributed by atoms with Gasteiger partial charge in [0.1, 0.15) is 11.5 Å². The molecule has 1 aliphatic carbocycles. The van der Waals surface area contributed by atoms with E-state index in [4.69, 9.17) is 21.1 Å². The Kier molecular flexibility index (Phi) is 9.34. The highest BCUT2D eigenvalue weighted by Gasteiger charge is 2.26. The molecule has 206 valence electrons. The van der Waals surface area contributed by atoms with E-state index in [1.165, 1.54) is 22.3 Å². The van der Waals surface area contributed by atoms with E-state index in [9.17, 15) is 9.59 Å². The number of carbonyl (C=O) groups excluding carboxylic acids is 2. The summed E-state index contributed by atoms with van der Waals surface area (Å²) in [5, 5.41) is 3.32. The Labute approximate surface area is 236 Å². The molecule has 3 aromatic carbocycles. The summed E-state index contributed by atoms with van der Waals surface area (Å²) < 4.78 is 11.1. The van der Waals surface area contributed by atoms with E-state index in [1.54, 1.807) is 7.11 Å². The summed E-state index contributed by atoms with van der Waals surface area (Å²) in [4.78, 5) is 23.4. The van der Waals surface area contributed by atoms with Gasteiger partial charge in [-0.3, -0.25) is 9.59 Å². The minimum atomic E-state index is -0.532. The largest absolute Gasteiger partial charge is 0.497 e. The highest BCUT2D eigenvalue weighted by Crippen LogP contribution is 2.38. The normalized spacial score (nSPS) is 14.8. The van der Waals surface area contributed by atoms with Crippen LogP contribution in [0, 0.1) is 5.41 Å². The van der Waals surface area contributed by atoms with Gasteiger partial charge in [0.05, 0.1) is 12.5 Å². The topological polar surface area (TPSA) is 64.6 Å². The number of ether oxygens (including phenoxy) is 2. The van der Waals surface area contributed by atoms with E-state index in [0.717, 1.165) is 55.6 Å². The van der Waals surface area contributed by atoms with Crippen molar-refractivity contribution in [2.24, 2.45) is 5.41 Å². The van der Waals surface area contributed by atoms with E-state index >= 15 is 0 Å². The van der Waals surface area contributed by atoms with Gasteiger partial charge in [0.2, 0.25) is 5.24 Å². The van der Waals surface area contributed by atoms with Crippen molar-refractivity contribution < 1.29 is 19.1 Å². The molecule has 1 atom stereocenters. The highest BCUT2D eigenvalue weighted by atomic mass is 35.5. The third-order valence-electron chi connectivity index (χ3n) is 7.25. The molecule has 1 aliphatic rings. The fourth-order valence-electron chi connectivity index (χ4n) is 4.99. The van der Waals surface area contributed by atoms with Crippen molar-refractivity contribution in [2.75, 3.05) is 19.0 Å². The molecule has 0 saturated carbocycles. The van der Waals surface area contributed by atoms with Crippen LogP contribution in [0.4, 0.5) is 5.69 Å². The number of aryl methyl sites for hydroxylation is 2. The van der Waals surface area contributed by atoms with Crippen molar-refractivity contribution >= 4 is 28.5 Å². The van der Waals surface area contributed by atoms with E-state index in [1.807, 2.05) is 51.1 Å². The van der Waals surface area contributed by atoms with Crippen LogP contribution in [0.25, 0.3) is 0 Å². The first-order valence-corrected chi connectivity index (χ1v) is 14.0. The summed E-state index contributed by atoms with van der Waals surface area (Å²) in [6, 6.07) is 20.5. The van der Waals surface area contributed by atoms with Gasteiger partial charge in [-0.1, -0.05) is 36.4 Å². The molecule has 1 N–H and O–H groups in total. The van der Waals surface area contributed by atoms with Crippen LogP contribution in [0.5, 0.6) is 11.5 Å². The lowest BCUT2D eigenvalue weighted by Gasteiger charge is -2.28. The van der Waals surface area contributed by atoms with E-state index in [-0.39, 0.29) is 17.6 Å². The van der Waals surface area contributed by atoms with Crippen LogP contribution in [0.2, 0.25) is 0 Å². The molecule has 0 aromatic heterocycles. The average Bonchev–Trinajstić information content (AvgIpc) is 2.90. The van der Waals surface area contributed by atoms with Crippen LogP contribution in [0.1, 0.15) is 67.3 Å². The summed E-state index contributed by atoms with van der Waals surface area (Å²) in [5.74, 6) is 1.64. The SMILES string of the molecule is COc1ccc(C2CCc3cc(OC(=O)C(C)(C)C)ccc3C2)c(NCCCc2ccc(CC(=O)Cl)cc2)c1. The molecule has 3 aromatic rings. The predicted octanol–water partition coefficient (Wildman–Crippen LogP) is 7.27. The summed E-state index contributed by atoms with van der Waals surface area (Å²) in [6.07, 6.45) is 5.11. The van der Waals surface area contributed by atoms with Gasteiger partial charge in [-0.05, 0) is 116 Å². The molecular formula is C33H38ClNO4. The minimum absolute atomic E-state index is 0.218. The lowest BCUT2D eigenvalue weighted by Crippen LogP contribution is -2.25. The van der Waals surface area contributed by atoms with E-state index in [2.05, 4.69) is 35.6 Å². The maximum Gasteiger partial charge on any atom is 0.316 e. The lowest BCUT2D eigenvalue weighted by atomic mass is 9.79. The van der Waals surface area contributed by atoms with E-state index in [0.29, 0.717) is 11.7 Å². The molecule has 0 saturated heterocycles. The molecule has 0 spiro atoms. The van der Waals surface area contributed by atoms with Crippen molar-refractivity contribution in [1.82, 2.24) is 0 Å². The summed E-state index contributed by atoms with van der Waals surface area (Å²) >= 11 is 5.49. The van der Waals surface area contributed by atoms with Crippen molar-refractivity contribution in [3.8, 4) is 11.5 Å². The Morgan fingerprint density at radius 3 is 2.36 bits per heavy atom. The third-order valence-corrected chi connectivity index (χ3v) is 7.39. The Bertz CT molecular complexity index is 1310. The van der Waals surface area contributed by atoms with Gasteiger partial charge >= 0.3 is 5.97 Å². The molecular weight excluding hydrogens is 510 g/mol. The zero-order valence-electron chi connectivity index (χ0n) is 23.3. The maximum absolute atomic E-state index is 12.3. The second-order valence-corrected chi connectivity index (χ2v) is 11.8. The number of halogens is 1. The average molecular weight is 548 g/mol. The molecule has 0 fully saturated rings. The molecule has 0 heterocycles. The van der Waals surface area contributed by atoms with Crippen molar-refractivity contribution in [3.05, 3.63) is 88.5 Å². The van der Waals surface area contributed by atoms with Gasteiger partial charge in [-0.15, -0.1) is 0 Å². The number of rotatable bonds is 10. The Morgan fingerprint density at radius 1 is 0.949 bits per heavy atom. The number of nitrogens with one attached hydrogen (secondary N) is 1. The highest BCUT2D eigenvalue weighted by molar-refractivity contribution is 6.63. The molecule has 6 heteroatoms. The maximum atomic E-state index is 12.3. The van der Waals surface area contributed by atoms with Gasteiger partial charge < -0.3 is 14.8 Å². The first-order valence-electron chi connectivity index (χ1n) is 13.6. The smallest absolute Gasteiger partial charge is 0.316 e. The predicted molar refractivity (Wildman–Crippen MR) is 157 cm³/mol. The van der Waals surface area contributed by atoms with Gasteiger partial charge in [-0.25, -0.2) is 0 Å². The number of benzene rings is 3. The summed E-state index contributed by atoms with van der Waals surface area (Å²) in [5.41, 5.74) is 6.64. The molecule has 39 heavy (non-hydrogen) atoms. The molecule has 0 radical (unpaired) electrons. The monoisotopic (exact) mass is 547 g/mol. The zero-order valence-corrected chi connectivity index (χ0v) is 24.1. The van der Waals surface area contributed by atoms with Gasteiger partial charge in [0, 0.05) is 24.7 Å². The molecule has 5 nitrogen and oxygen atoms in total. The number of carbonyl (C=O) groups is 2. The number of fused-ring (bicyclic) bond motifs is 1. The van der Waals surface area contributed by atoms with Crippen LogP contribution < -0.4 is 14.8 Å². The van der Waals surface area contributed by atoms with Crippen molar-refractivity contribution in [3.63, 3.8) is 0 Å². The zero-order chi connectivity index (χ0) is 28.0. The van der Waals surface area contributed by atoms with Crippen LogP contribution in [0.3, 0.4) is 0 Å². The number of anilines is 1.